The van der Waals surface area contributed by atoms with Crippen LogP contribution in [0.15, 0.2) is 12.2 Å². The molecule has 0 aromatic carbocycles. The van der Waals surface area contributed by atoms with E-state index in [1.807, 2.05) is 0 Å². The van der Waals surface area contributed by atoms with Crippen molar-refractivity contribution in [3.8, 4) is 0 Å². The van der Waals surface area contributed by atoms with Crippen LogP contribution in [0.2, 0.25) is 0 Å². The fraction of sp³-hybridized carbons (Fsp3) is 0.600. The van der Waals surface area contributed by atoms with E-state index < -0.39 is 5.97 Å². The summed E-state index contributed by atoms with van der Waals surface area (Å²) in [5.41, 5.74) is 0. The summed E-state index contributed by atoms with van der Waals surface area (Å²) in [7, 11) is 0. The normalized spacial score (nSPS) is 22.2. The van der Waals surface area contributed by atoms with Gasteiger partial charge in [0.2, 0.25) is 5.91 Å². The van der Waals surface area contributed by atoms with Gasteiger partial charge < -0.3 is 10.0 Å². The maximum Gasteiger partial charge on any atom is 0.328 e. The standard InChI is InChI=1S/C10H15NO3/c1-2-8-6-9(12)11(7-8)5-3-4-10(13)14/h3-4,8H,2,5-7H2,1H3,(H,13,14). The molecule has 1 saturated heterocycles. The van der Waals surface area contributed by atoms with E-state index in [1.54, 1.807) is 4.90 Å². The summed E-state index contributed by atoms with van der Waals surface area (Å²) in [5, 5.41) is 8.36. The predicted molar refractivity (Wildman–Crippen MR) is 51.8 cm³/mol. The van der Waals surface area contributed by atoms with Gasteiger partial charge in [0, 0.05) is 25.6 Å². The highest BCUT2D eigenvalue weighted by molar-refractivity contribution is 5.81. The van der Waals surface area contributed by atoms with Crippen molar-refractivity contribution in [3.63, 3.8) is 0 Å². The summed E-state index contributed by atoms with van der Waals surface area (Å²) < 4.78 is 0. The number of hydrogen-bond acceptors (Lipinski definition) is 2. The van der Waals surface area contributed by atoms with Gasteiger partial charge in [-0.2, -0.15) is 0 Å². The van der Waals surface area contributed by atoms with Gasteiger partial charge in [-0.05, 0) is 5.92 Å². The molecule has 0 saturated carbocycles. The summed E-state index contributed by atoms with van der Waals surface area (Å²) in [4.78, 5) is 23.3. The predicted octanol–water partition coefficient (Wildman–Crippen LogP) is 0.886. The van der Waals surface area contributed by atoms with Crippen LogP contribution in [0.1, 0.15) is 19.8 Å². The molecule has 1 rings (SSSR count). The number of likely N-dealkylation sites (tertiary alicyclic amines) is 1. The van der Waals surface area contributed by atoms with E-state index in [4.69, 9.17) is 5.11 Å². The van der Waals surface area contributed by atoms with Gasteiger partial charge in [-0.1, -0.05) is 19.4 Å². The minimum absolute atomic E-state index is 0.131. The first-order chi connectivity index (χ1) is 6.63. The van der Waals surface area contributed by atoms with Gasteiger partial charge in [0.25, 0.3) is 0 Å². The Morgan fingerprint density at radius 1 is 1.71 bits per heavy atom. The molecule has 1 fully saturated rings. The van der Waals surface area contributed by atoms with Crippen molar-refractivity contribution in [2.24, 2.45) is 5.92 Å². The number of amides is 1. The lowest BCUT2D eigenvalue weighted by molar-refractivity contribution is -0.131. The number of carbonyl (C=O) groups is 2. The first kappa shape index (κ1) is 10.8. The number of carbonyl (C=O) groups excluding carboxylic acids is 1. The van der Waals surface area contributed by atoms with E-state index in [0.29, 0.717) is 18.9 Å². The Bertz CT molecular complexity index is 260. The molecule has 4 heteroatoms. The van der Waals surface area contributed by atoms with E-state index in [-0.39, 0.29) is 5.91 Å². The maximum absolute atomic E-state index is 11.4. The first-order valence-corrected chi connectivity index (χ1v) is 4.80. The molecule has 4 nitrogen and oxygen atoms in total. The molecule has 1 N–H and O–H groups in total. The zero-order valence-electron chi connectivity index (χ0n) is 8.27. The summed E-state index contributed by atoms with van der Waals surface area (Å²) >= 11 is 0. The molecule has 1 aliphatic heterocycles. The lowest BCUT2D eigenvalue weighted by atomic mass is 10.1. The molecule has 1 atom stereocenters. The van der Waals surface area contributed by atoms with Gasteiger partial charge in [0.1, 0.15) is 0 Å². The second-order valence-corrected chi connectivity index (χ2v) is 3.52. The number of rotatable bonds is 4. The van der Waals surface area contributed by atoms with E-state index in [0.717, 1.165) is 19.0 Å². The Hall–Kier alpha value is -1.32. The largest absolute Gasteiger partial charge is 0.478 e. The molecule has 0 aromatic rings. The van der Waals surface area contributed by atoms with Crippen LogP contribution >= 0.6 is 0 Å². The van der Waals surface area contributed by atoms with Gasteiger partial charge in [-0.25, -0.2) is 4.79 Å². The first-order valence-electron chi connectivity index (χ1n) is 4.80. The fourth-order valence-corrected chi connectivity index (χ4v) is 1.58. The molecule has 0 radical (unpaired) electrons. The Balaban J connectivity index is 2.39. The second-order valence-electron chi connectivity index (χ2n) is 3.52. The number of carboxylic acids is 1. The highest BCUT2D eigenvalue weighted by atomic mass is 16.4. The third kappa shape index (κ3) is 2.87. The van der Waals surface area contributed by atoms with Crippen LogP contribution in [0.5, 0.6) is 0 Å². The van der Waals surface area contributed by atoms with Crippen molar-refractivity contribution < 1.29 is 14.7 Å². The Morgan fingerprint density at radius 3 is 2.93 bits per heavy atom. The zero-order valence-corrected chi connectivity index (χ0v) is 8.27. The van der Waals surface area contributed by atoms with Crippen LogP contribution < -0.4 is 0 Å². The Kier molecular flexibility index (Phi) is 3.68. The monoisotopic (exact) mass is 197 g/mol. The van der Waals surface area contributed by atoms with Gasteiger partial charge in [-0.15, -0.1) is 0 Å². The average Bonchev–Trinajstić information content (AvgIpc) is 2.47. The molecule has 1 heterocycles. The molecule has 78 valence electrons. The van der Waals surface area contributed by atoms with Crippen molar-refractivity contribution in [3.05, 3.63) is 12.2 Å². The van der Waals surface area contributed by atoms with E-state index in [9.17, 15) is 9.59 Å². The molecule has 14 heavy (non-hydrogen) atoms. The number of nitrogens with zero attached hydrogens (tertiary/aromatic N) is 1. The van der Waals surface area contributed by atoms with Crippen LogP contribution in [0.25, 0.3) is 0 Å². The van der Waals surface area contributed by atoms with Crippen molar-refractivity contribution in [2.75, 3.05) is 13.1 Å². The average molecular weight is 197 g/mol. The molecule has 0 aromatic heterocycles. The SMILES string of the molecule is CCC1CC(=O)N(CC=CC(=O)O)C1. The minimum atomic E-state index is -0.969. The lowest BCUT2D eigenvalue weighted by Crippen LogP contribution is -2.25. The van der Waals surface area contributed by atoms with Gasteiger partial charge in [-0.3, -0.25) is 4.79 Å². The molecular weight excluding hydrogens is 182 g/mol. The van der Waals surface area contributed by atoms with Crippen LogP contribution in [0.4, 0.5) is 0 Å². The highest BCUT2D eigenvalue weighted by Gasteiger charge is 2.26. The highest BCUT2D eigenvalue weighted by Crippen LogP contribution is 2.19. The minimum Gasteiger partial charge on any atom is -0.478 e. The second kappa shape index (κ2) is 4.79. The number of carboxylic acid groups (broad SMARTS) is 1. The molecule has 0 spiro atoms. The van der Waals surface area contributed by atoms with Gasteiger partial charge in [0.15, 0.2) is 0 Å². The van der Waals surface area contributed by atoms with E-state index in [1.165, 1.54) is 6.08 Å². The molecule has 0 aliphatic carbocycles. The zero-order chi connectivity index (χ0) is 10.6. The lowest BCUT2D eigenvalue weighted by Gasteiger charge is -2.13. The van der Waals surface area contributed by atoms with Gasteiger partial charge in [0.05, 0.1) is 0 Å². The molecule has 1 unspecified atom stereocenters. The molecule has 1 amide bonds. The van der Waals surface area contributed by atoms with Crippen LogP contribution in [0.3, 0.4) is 0 Å². The molecule has 1 aliphatic rings. The summed E-state index contributed by atoms with van der Waals surface area (Å²) in [6.45, 7) is 3.25. The quantitative estimate of drug-likeness (QED) is 0.681. The van der Waals surface area contributed by atoms with E-state index in [2.05, 4.69) is 6.92 Å². The summed E-state index contributed by atoms with van der Waals surface area (Å²) in [6, 6.07) is 0. The van der Waals surface area contributed by atoms with Crippen LogP contribution in [-0.4, -0.2) is 35.0 Å². The maximum atomic E-state index is 11.4. The Morgan fingerprint density at radius 2 is 2.43 bits per heavy atom. The van der Waals surface area contributed by atoms with Crippen molar-refractivity contribution >= 4 is 11.9 Å². The van der Waals surface area contributed by atoms with Gasteiger partial charge >= 0.3 is 5.97 Å². The van der Waals surface area contributed by atoms with Crippen LogP contribution in [0, 0.1) is 5.92 Å². The van der Waals surface area contributed by atoms with E-state index >= 15 is 0 Å². The third-order valence-corrected chi connectivity index (χ3v) is 2.46. The molecule has 0 bridgehead atoms. The number of hydrogen-bond donors (Lipinski definition) is 1. The van der Waals surface area contributed by atoms with Crippen molar-refractivity contribution in [2.45, 2.75) is 19.8 Å². The Labute approximate surface area is 83.2 Å². The smallest absolute Gasteiger partial charge is 0.328 e. The van der Waals surface area contributed by atoms with Crippen LogP contribution in [-0.2, 0) is 9.59 Å². The number of aliphatic carboxylic acids is 1. The van der Waals surface area contributed by atoms with Crippen molar-refractivity contribution in [1.29, 1.82) is 0 Å². The fourth-order valence-electron chi connectivity index (χ4n) is 1.58. The third-order valence-electron chi connectivity index (χ3n) is 2.46. The molecular formula is C10H15NO3. The topological polar surface area (TPSA) is 57.6 Å². The summed E-state index contributed by atoms with van der Waals surface area (Å²) in [5.74, 6) is -0.392. The summed E-state index contributed by atoms with van der Waals surface area (Å²) in [6.07, 6.45) is 4.20. The van der Waals surface area contributed by atoms with Crippen molar-refractivity contribution in [1.82, 2.24) is 4.90 Å².